The minimum Gasteiger partial charge on any atom is -0.324 e. The van der Waals surface area contributed by atoms with Crippen molar-refractivity contribution < 1.29 is 9.72 Å². The van der Waals surface area contributed by atoms with Crippen molar-refractivity contribution in [1.29, 1.82) is 0 Å². The number of amides is 1. The molecular formula is C12H15N3O3. The zero-order valence-electron chi connectivity index (χ0n) is 10.1. The molecular weight excluding hydrogens is 234 g/mol. The molecule has 0 heterocycles. The van der Waals surface area contributed by atoms with Gasteiger partial charge >= 0.3 is 0 Å². The lowest BCUT2D eigenvalue weighted by molar-refractivity contribution is -0.385. The summed E-state index contributed by atoms with van der Waals surface area (Å²) >= 11 is 0. The summed E-state index contributed by atoms with van der Waals surface area (Å²) in [6, 6.07) is 4.60. The van der Waals surface area contributed by atoms with Gasteiger partial charge in [-0.2, -0.15) is 0 Å². The maximum atomic E-state index is 11.9. The molecule has 0 atom stereocenters. The minimum atomic E-state index is -0.808. The molecule has 3 N–H and O–H groups in total. The van der Waals surface area contributed by atoms with Crippen LogP contribution in [0.25, 0.3) is 0 Å². The van der Waals surface area contributed by atoms with E-state index in [1.54, 1.807) is 19.1 Å². The average molecular weight is 249 g/mol. The number of nitrogens with zero attached hydrogens (tertiary/aromatic N) is 1. The van der Waals surface area contributed by atoms with Crippen LogP contribution in [0, 0.1) is 17.0 Å². The van der Waals surface area contributed by atoms with Crippen LogP contribution in [0.4, 0.5) is 11.4 Å². The average Bonchev–Trinajstić information content (AvgIpc) is 2.28. The Labute approximate surface area is 104 Å². The van der Waals surface area contributed by atoms with Crippen LogP contribution in [0.5, 0.6) is 0 Å². The van der Waals surface area contributed by atoms with Gasteiger partial charge in [0.15, 0.2) is 0 Å². The first-order chi connectivity index (χ1) is 8.44. The molecule has 1 aliphatic rings. The molecule has 0 radical (unpaired) electrons. The predicted molar refractivity (Wildman–Crippen MR) is 67.2 cm³/mol. The first-order valence-corrected chi connectivity index (χ1v) is 5.78. The fourth-order valence-corrected chi connectivity index (χ4v) is 1.99. The van der Waals surface area contributed by atoms with Crippen molar-refractivity contribution in [3.8, 4) is 0 Å². The Hall–Kier alpha value is -1.95. The Balaban J connectivity index is 2.22. The van der Waals surface area contributed by atoms with Crippen molar-refractivity contribution in [3.63, 3.8) is 0 Å². The van der Waals surface area contributed by atoms with Gasteiger partial charge in [0.1, 0.15) is 0 Å². The van der Waals surface area contributed by atoms with Crippen LogP contribution >= 0.6 is 0 Å². The van der Waals surface area contributed by atoms with Gasteiger partial charge in [-0.05, 0) is 32.3 Å². The molecule has 2 rings (SSSR count). The monoisotopic (exact) mass is 249 g/mol. The molecule has 1 saturated carbocycles. The molecule has 1 aliphatic carbocycles. The Morgan fingerprint density at radius 2 is 2.17 bits per heavy atom. The largest absolute Gasteiger partial charge is 0.324 e. The zero-order chi connectivity index (χ0) is 13.3. The smallest absolute Gasteiger partial charge is 0.274 e. The summed E-state index contributed by atoms with van der Waals surface area (Å²) in [4.78, 5) is 22.3. The van der Waals surface area contributed by atoms with Crippen LogP contribution in [0.1, 0.15) is 24.8 Å². The topological polar surface area (TPSA) is 98.3 Å². The lowest BCUT2D eigenvalue weighted by atomic mass is 9.77. The van der Waals surface area contributed by atoms with Crippen LogP contribution in [0.2, 0.25) is 0 Å². The zero-order valence-corrected chi connectivity index (χ0v) is 10.1. The third kappa shape index (κ3) is 2.06. The van der Waals surface area contributed by atoms with Gasteiger partial charge in [0, 0.05) is 6.07 Å². The van der Waals surface area contributed by atoms with Crippen LogP contribution in [0.3, 0.4) is 0 Å². The van der Waals surface area contributed by atoms with Crippen molar-refractivity contribution in [2.45, 2.75) is 31.7 Å². The maximum Gasteiger partial charge on any atom is 0.274 e. The molecule has 0 unspecified atom stereocenters. The summed E-state index contributed by atoms with van der Waals surface area (Å²) in [6.45, 7) is 1.61. The van der Waals surface area contributed by atoms with E-state index in [9.17, 15) is 14.9 Å². The lowest BCUT2D eigenvalue weighted by Crippen LogP contribution is -2.56. The van der Waals surface area contributed by atoms with E-state index in [2.05, 4.69) is 5.32 Å². The number of carbonyl (C=O) groups is 1. The van der Waals surface area contributed by atoms with Crippen LogP contribution < -0.4 is 11.1 Å². The van der Waals surface area contributed by atoms with Crippen molar-refractivity contribution in [2.24, 2.45) is 5.73 Å². The number of benzene rings is 1. The molecule has 0 saturated heterocycles. The van der Waals surface area contributed by atoms with Crippen LogP contribution in [0.15, 0.2) is 18.2 Å². The number of nitrogens with two attached hydrogens (primary N) is 1. The number of anilines is 1. The normalized spacial score (nSPS) is 16.8. The summed E-state index contributed by atoms with van der Waals surface area (Å²) in [6.07, 6.45) is 2.26. The van der Waals surface area contributed by atoms with Gasteiger partial charge in [0.05, 0.1) is 21.7 Å². The van der Waals surface area contributed by atoms with Gasteiger partial charge in [0.2, 0.25) is 5.91 Å². The van der Waals surface area contributed by atoms with Gasteiger partial charge < -0.3 is 11.1 Å². The minimum absolute atomic E-state index is 0.00696. The Kier molecular flexibility index (Phi) is 3.04. The van der Waals surface area contributed by atoms with Crippen LogP contribution in [-0.4, -0.2) is 16.4 Å². The standard InChI is InChI=1S/C12H15N3O3/c1-8-9(4-2-5-10(8)15(17)18)14-11(16)12(13)6-3-7-12/h2,4-5H,3,6-7,13H2,1H3,(H,14,16). The summed E-state index contributed by atoms with van der Waals surface area (Å²) in [5.74, 6) is -0.266. The van der Waals surface area contributed by atoms with E-state index in [-0.39, 0.29) is 11.6 Å². The molecule has 1 amide bonds. The summed E-state index contributed by atoms with van der Waals surface area (Å²) in [5, 5.41) is 13.5. The highest BCUT2D eigenvalue weighted by Gasteiger charge is 2.40. The second-order valence-corrected chi connectivity index (χ2v) is 4.67. The van der Waals surface area contributed by atoms with E-state index >= 15 is 0 Å². The number of hydrogen-bond donors (Lipinski definition) is 2. The first-order valence-electron chi connectivity index (χ1n) is 5.78. The fourth-order valence-electron chi connectivity index (χ4n) is 1.99. The SMILES string of the molecule is Cc1c(NC(=O)C2(N)CCC2)cccc1[N+](=O)[O-]. The van der Waals surface area contributed by atoms with Gasteiger partial charge in [0.25, 0.3) is 5.69 Å². The predicted octanol–water partition coefficient (Wildman–Crippen LogP) is 1.72. The second-order valence-electron chi connectivity index (χ2n) is 4.67. The molecule has 1 aromatic carbocycles. The fraction of sp³-hybridized carbons (Fsp3) is 0.417. The van der Waals surface area contributed by atoms with Crippen molar-refractivity contribution >= 4 is 17.3 Å². The highest BCUT2D eigenvalue weighted by molar-refractivity contribution is 5.99. The summed E-state index contributed by atoms with van der Waals surface area (Å²) in [7, 11) is 0. The Morgan fingerprint density at radius 1 is 1.50 bits per heavy atom. The van der Waals surface area contributed by atoms with Gasteiger partial charge in [-0.1, -0.05) is 6.07 Å². The number of rotatable bonds is 3. The molecule has 0 aliphatic heterocycles. The highest BCUT2D eigenvalue weighted by Crippen LogP contribution is 2.31. The molecule has 0 aromatic heterocycles. The number of hydrogen-bond acceptors (Lipinski definition) is 4. The molecule has 6 heteroatoms. The molecule has 1 aromatic rings. The molecule has 0 spiro atoms. The summed E-state index contributed by atoms with van der Waals surface area (Å²) in [5.41, 5.74) is 5.97. The second kappa shape index (κ2) is 4.38. The Bertz CT molecular complexity index is 509. The van der Waals surface area contributed by atoms with Gasteiger partial charge in [-0.3, -0.25) is 14.9 Å². The van der Waals surface area contributed by atoms with E-state index in [1.165, 1.54) is 6.07 Å². The number of carbonyl (C=O) groups excluding carboxylic acids is 1. The highest BCUT2D eigenvalue weighted by atomic mass is 16.6. The lowest BCUT2D eigenvalue weighted by Gasteiger charge is -2.36. The third-order valence-corrected chi connectivity index (χ3v) is 3.45. The van der Waals surface area contributed by atoms with Crippen molar-refractivity contribution in [2.75, 3.05) is 5.32 Å². The molecule has 0 bridgehead atoms. The van der Waals surface area contributed by atoms with E-state index in [0.29, 0.717) is 24.1 Å². The van der Waals surface area contributed by atoms with Crippen molar-refractivity contribution in [1.82, 2.24) is 0 Å². The van der Waals surface area contributed by atoms with E-state index in [0.717, 1.165) is 6.42 Å². The molecule has 96 valence electrons. The third-order valence-electron chi connectivity index (χ3n) is 3.45. The molecule has 6 nitrogen and oxygen atoms in total. The van der Waals surface area contributed by atoms with E-state index < -0.39 is 10.5 Å². The number of nitrogens with one attached hydrogen (secondary N) is 1. The van der Waals surface area contributed by atoms with E-state index in [1.807, 2.05) is 0 Å². The van der Waals surface area contributed by atoms with Crippen LogP contribution in [-0.2, 0) is 4.79 Å². The quantitative estimate of drug-likeness (QED) is 0.629. The van der Waals surface area contributed by atoms with Crippen molar-refractivity contribution in [3.05, 3.63) is 33.9 Å². The maximum absolute atomic E-state index is 11.9. The number of nitro groups is 1. The number of nitro benzene ring substituents is 1. The Morgan fingerprint density at radius 3 is 2.67 bits per heavy atom. The van der Waals surface area contributed by atoms with Gasteiger partial charge in [-0.15, -0.1) is 0 Å². The molecule has 18 heavy (non-hydrogen) atoms. The van der Waals surface area contributed by atoms with E-state index in [4.69, 9.17) is 5.73 Å². The molecule has 1 fully saturated rings. The first kappa shape index (κ1) is 12.5. The van der Waals surface area contributed by atoms with Gasteiger partial charge in [-0.25, -0.2) is 0 Å². The summed E-state index contributed by atoms with van der Waals surface area (Å²) < 4.78 is 0.